The van der Waals surface area contributed by atoms with Gasteiger partial charge in [0.25, 0.3) is 0 Å². The summed E-state index contributed by atoms with van der Waals surface area (Å²) in [6.45, 7) is 2.23. The van der Waals surface area contributed by atoms with Crippen molar-refractivity contribution in [1.82, 2.24) is 5.32 Å². The maximum Gasteiger partial charge on any atom is 0.0802 e. The predicted octanol–water partition coefficient (Wildman–Crippen LogP) is 4.22. The van der Waals surface area contributed by atoms with Gasteiger partial charge in [-0.05, 0) is 42.9 Å². The molecule has 4 heteroatoms. The maximum atomic E-state index is 6.01. The van der Waals surface area contributed by atoms with Gasteiger partial charge in [0.05, 0.1) is 5.37 Å². The van der Waals surface area contributed by atoms with Gasteiger partial charge in [0.2, 0.25) is 0 Å². The molecule has 2 unspecified atom stereocenters. The average Bonchev–Trinajstić information content (AvgIpc) is 2.22. The summed E-state index contributed by atoms with van der Waals surface area (Å²) in [4.78, 5) is 0. The van der Waals surface area contributed by atoms with E-state index in [9.17, 15) is 0 Å². The Bertz CT molecular complexity index is 358. The van der Waals surface area contributed by atoms with Crippen LogP contribution < -0.4 is 5.32 Å². The molecule has 1 aromatic rings. The lowest BCUT2D eigenvalue weighted by molar-refractivity contribution is 0.511. The molecule has 1 aromatic carbocycles. The highest BCUT2D eigenvalue weighted by atomic mass is 79.9. The Balaban J connectivity index is 2.24. The summed E-state index contributed by atoms with van der Waals surface area (Å²) in [5, 5.41) is 4.74. The Kier molecular flexibility index (Phi) is 3.99. The van der Waals surface area contributed by atoms with E-state index in [0.29, 0.717) is 11.4 Å². The van der Waals surface area contributed by atoms with Crippen molar-refractivity contribution >= 4 is 39.3 Å². The fourth-order valence-electron chi connectivity index (χ4n) is 1.65. The molecule has 0 bridgehead atoms. The van der Waals surface area contributed by atoms with Gasteiger partial charge in [0.1, 0.15) is 0 Å². The largest absolute Gasteiger partial charge is 0.299 e. The molecule has 1 N–H and O–H groups in total. The molecule has 15 heavy (non-hydrogen) atoms. The van der Waals surface area contributed by atoms with Crippen LogP contribution in [0.1, 0.15) is 24.3 Å². The molecule has 0 radical (unpaired) electrons. The number of benzene rings is 1. The molecule has 1 aliphatic heterocycles. The zero-order chi connectivity index (χ0) is 10.8. The van der Waals surface area contributed by atoms with E-state index in [0.717, 1.165) is 9.50 Å². The second kappa shape index (κ2) is 5.09. The van der Waals surface area contributed by atoms with Gasteiger partial charge < -0.3 is 0 Å². The normalized spacial score (nSPS) is 26.6. The fourth-order valence-corrected chi connectivity index (χ4v) is 3.88. The molecule has 1 heterocycles. The van der Waals surface area contributed by atoms with E-state index in [1.54, 1.807) is 0 Å². The molecule has 0 aromatic heterocycles. The van der Waals surface area contributed by atoms with Gasteiger partial charge >= 0.3 is 0 Å². The molecule has 0 amide bonds. The van der Waals surface area contributed by atoms with Gasteiger partial charge in [-0.3, -0.25) is 5.32 Å². The highest BCUT2D eigenvalue weighted by Crippen LogP contribution is 2.36. The Morgan fingerprint density at radius 3 is 3.07 bits per heavy atom. The molecule has 0 saturated carbocycles. The number of rotatable bonds is 1. The van der Waals surface area contributed by atoms with E-state index in [-0.39, 0.29) is 0 Å². The second-order valence-electron chi connectivity index (χ2n) is 3.77. The third-order valence-corrected chi connectivity index (χ3v) is 4.66. The van der Waals surface area contributed by atoms with E-state index in [4.69, 9.17) is 11.6 Å². The SMILES string of the molecule is CC1CCSC(c2cc(Cl)ccc2Br)N1. The van der Waals surface area contributed by atoms with Crippen molar-refractivity contribution in [3.05, 3.63) is 33.3 Å². The number of nitrogens with one attached hydrogen (secondary N) is 1. The standard InChI is InChI=1S/C11H13BrClNS/c1-7-4-5-15-11(14-7)9-6-8(13)2-3-10(9)12/h2-3,6-7,11,14H,4-5H2,1H3. The molecule has 1 nitrogen and oxygen atoms in total. The summed E-state index contributed by atoms with van der Waals surface area (Å²) in [7, 11) is 0. The van der Waals surface area contributed by atoms with Gasteiger partial charge in [-0.25, -0.2) is 0 Å². The zero-order valence-corrected chi connectivity index (χ0v) is 11.6. The van der Waals surface area contributed by atoms with Crippen LogP contribution in [-0.4, -0.2) is 11.8 Å². The first-order chi connectivity index (χ1) is 7.16. The summed E-state index contributed by atoms with van der Waals surface area (Å²) in [6, 6.07) is 6.54. The predicted molar refractivity (Wildman–Crippen MR) is 71.6 cm³/mol. The molecular weight excluding hydrogens is 294 g/mol. The lowest BCUT2D eigenvalue weighted by Gasteiger charge is -2.29. The monoisotopic (exact) mass is 305 g/mol. The van der Waals surface area contributed by atoms with E-state index in [1.165, 1.54) is 17.7 Å². The molecule has 0 aliphatic carbocycles. The van der Waals surface area contributed by atoms with Crippen molar-refractivity contribution in [2.45, 2.75) is 24.8 Å². The van der Waals surface area contributed by atoms with Crippen LogP contribution in [-0.2, 0) is 0 Å². The molecule has 2 atom stereocenters. The minimum Gasteiger partial charge on any atom is -0.299 e. The van der Waals surface area contributed by atoms with E-state index in [2.05, 4.69) is 28.2 Å². The first-order valence-electron chi connectivity index (χ1n) is 4.99. The maximum absolute atomic E-state index is 6.01. The lowest BCUT2D eigenvalue weighted by atomic mass is 10.2. The number of thioether (sulfide) groups is 1. The molecular formula is C11H13BrClNS. The number of halogens is 2. The van der Waals surface area contributed by atoms with Crippen molar-refractivity contribution in [3.63, 3.8) is 0 Å². The molecule has 1 fully saturated rings. The summed E-state index contributed by atoms with van der Waals surface area (Å²) in [5.74, 6) is 1.21. The molecule has 1 saturated heterocycles. The summed E-state index contributed by atoms with van der Waals surface area (Å²) < 4.78 is 1.13. The summed E-state index contributed by atoms with van der Waals surface area (Å²) >= 11 is 11.5. The summed E-state index contributed by atoms with van der Waals surface area (Å²) in [5.41, 5.74) is 1.25. The highest BCUT2D eigenvalue weighted by Gasteiger charge is 2.21. The van der Waals surface area contributed by atoms with Gasteiger partial charge in [-0.15, -0.1) is 11.8 Å². The minimum absolute atomic E-state index is 0.363. The lowest BCUT2D eigenvalue weighted by Crippen LogP contribution is -2.33. The van der Waals surface area contributed by atoms with Crippen molar-refractivity contribution in [2.24, 2.45) is 0 Å². The minimum atomic E-state index is 0.363. The Morgan fingerprint density at radius 1 is 1.53 bits per heavy atom. The molecule has 1 aliphatic rings. The molecule has 82 valence electrons. The van der Waals surface area contributed by atoms with Crippen LogP contribution in [0.2, 0.25) is 5.02 Å². The average molecular weight is 307 g/mol. The first kappa shape index (κ1) is 11.8. The van der Waals surface area contributed by atoms with Crippen molar-refractivity contribution in [2.75, 3.05) is 5.75 Å². The highest BCUT2D eigenvalue weighted by molar-refractivity contribution is 9.10. The van der Waals surface area contributed by atoms with Crippen LogP contribution in [0.3, 0.4) is 0 Å². The second-order valence-corrected chi connectivity index (χ2v) is 6.28. The van der Waals surface area contributed by atoms with E-state index >= 15 is 0 Å². The van der Waals surface area contributed by atoms with Crippen LogP contribution in [0.15, 0.2) is 22.7 Å². The van der Waals surface area contributed by atoms with Gasteiger partial charge in [0.15, 0.2) is 0 Å². The van der Waals surface area contributed by atoms with E-state index < -0.39 is 0 Å². The first-order valence-corrected chi connectivity index (χ1v) is 7.21. The summed E-state index contributed by atoms with van der Waals surface area (Å²) in [6.07, 6.45) is 1.24. The third-order valence-electron chi connectivity index (χ3n) is 2.51. The Hall–Kier alpha value is 0.300. The van der Waals surface area contributed by atoms with Crippen LogP contribution in [0.5, 0.6) is 0 Å². The Morgan fingerprint density at radius 2 is 2.33 bits per heavy atom. The Labute approximate surface area is 108 Å². The quantitative estimate of drug-likeness (QED) is 0.834. The van der Waals surface area contributed by atoms with Crippen molar-refractivity contribution < 1.29 is 0 Å². The third kappa shape index (κ3) is 2.90. The van der Waals surface area contributed by atoms with Gasteiger partial charge in [-0.1, -0.05) is 27.5 Å². The zero-order valence-electron chi connectivity index (χ0n) is 8.47. The smallest absolute Gasteiger partial charge is 0.0802 e. The van der Waals surface area contributed by atoms with Crippen molar-refractivity contribution in [3.8, 4) is 0 Å². The molecule has 0 spiro atoms. The van der Waals surface area contributed by atoms with Crippen LogP contribution in [0, 0.1) is 0 Å². The number of hydrogen-bond donors (Lipinski definition) is 1. The topological polar surface area (TPSA) is 12.0 Å². The molecule has 2 rings (SSSR count). The van der Waals surface area contributed by atoms with Crippen LogP contribution in [0.25, 0.3) is 0 Å². The van der Waals surface area contributed by atoms with E-state index in [1.807, 2.05) is 30.0 Å². The van der Waals surface area contributed by atoms with Crippen LogP contribution in [0.4, 0.5) is 0 Å². The van der Waals surface area contributed by atoms with Gasteiger partial charge in [-0.2, -0.15) is 0 Å². The number of hydrogen-bond acceptors (Lipinski definition) is 2. The van der Waals surface area contributed by atoms with Gasteiger partial charge in [0, 0.05) is 15.5 Å². The fraction of sp³-hybridized carbons (Fsp3) is 0.455. The van der Waals surface area contributed by atoms with Crippen molar-refractivity contribution in [1.29, 1.82) is 0 Å². The van der Waals surface area contributed by atoms with Crippen LogP contribution >= 0.6 is 39.3 Å².